The third-order valence-corrected chi connectivity index (χ3v) is 6.35. The number of nitrogens with zero attached hydrogens (tertiary/aromatic N) is 2. The van der Waals surface area contributed by atoms with E-state index in [9.17, 15) is 19.2 Å². The fourth-order valence-corrected chi connectivity index (χ4v) is 4.66. The highest BCUT2D eigenvalue weighted by atomic mass is 16.2. The number of hydrogen-bond donors (Lipinski definition) is 1. The molecule has 0 aromatic rings. The van der Waals surface area contributed by atoms with E-state index in [1.54, 1.807) is 16.7 Å². The van der Waals surface area contributed by atoms with E-state index >= 15 is 0 Å². The summed E-state index contributed by atoms with van der Waals surface area (Å²) in [7, 11) is 0. The summed E-state index contributed by atoms with van der Waals surface area (Å²) in [6, 6.07) is -0.729. The SMILES string of the molecule is CC(C[CH]C(=O)N1CCC2C1C(=O)CN2C(=O)CC1CCCCC1)C(N)=O. The predicted molar refractivity (Wildman–Crippen MR) is 99.1 cm³/mol. The molecule has 2 saturated heterocycles. The largest absolute Gasteiger partial charge is 0.369 e. The van der Waals surface area contributed by atoms with Crippen molar-refractivity contribution in [3.8, 4) is 0 Å². The minimum atomic E-state index is -0.534. The number of rotatable bonds is 6. The zero-order valence-corrected chi connectivity index (χ0v) is 16.1. The number of likely N-dealkylation sites (tertiary alicyclic amines) is 2. The lowest BCUT2D eigenvalue weighted by atomic mass is 9.86. The first kappa shape index (κ1) is 19.8. The molecule has 0 spiro atoms. The molecule has 2 N–H and O–H groups in total. The van der Waals surface area contributed by atoms with Crippen LogP contribution in [-0.2, 0) is 19.2 Å². The second-order valence-electron chi connectivity index (χ2n) is 8.27. The quantitative estimate of drug-likeness (QED) is 0.749. The molecule has 3 aliphatic rings. The lowest BCUT2D eigenvalue weighted by Crippen LogP contribution is -2.44. The molecule has 149 valence electrons. The highest BCUT2D eigenvalue weighted by Crippen LogP contribution is 2.33. The van der Waals surface area contributed by atoms with Crippen molar-refractivity contribution in [2.75, 3.05) is 13.1 Å². The lowest BCUT2D eigenvalue weighted by Gasteiger charge is -2.27. The van der Waals surface area contributed by atoms with Gasteiger partial charge in [-0.15, -0.1) is 0 Å². The number of fused-ring (bicyclic) bond motifs is 1. The minimum absolute atomic E-state index is 0.0563. The van der Waals surface area contributed by atoms with Gasteiger partial charge in [0.25, 0.3) is 0 Å². The molecule has 3 fully saturated rings. The fourth-order valence-electron chi connectivity index (χ4n) is 4.66. The molecule has 3 amide bonds. The van der Waals surface area contributed by atoms with Gasteiger partial charge in [-0.25, -0.2) is 0 Å². The smallest absolute Gasteiger partial charge is 0.227 e. The normalized spacial score (nSPS) is 26.9. The van der Waals surface area contributed by atoms with Crippen LogP contribution in [0.4, 0.5) is 0 Å². The average Bonchev–Trinajstić information content (AvgIpc) is 3.21. The number of hydrogen-bond acceptors (Lipinski definition) is 4. The second kappa shape index (κ2) is 8.40. The molecule has 7 heteroatoms. The molecule has 3 unspecified atom stereocenters. The Morgan fingerprint density at radius 1 is 1.15 bits per heavy atom. The van der Waals surface area contributed by atoms with Crippen LogP contribution >= 0.6 is 0 Å². The lowest BCUT2D eigenvalue weighted by molar-refractivity contribution is -0.134. The van der Waals surface area contributed by atoms with Gasteiger partial charge in [0.15, 0.2) is 5.78 Å². The molecule has 0 aromatic carbocycles. The van der Waals surface area contributed by atoms with Crippen LogP contribution in [0, 0.1) is 18.3 Å². The van der Waals surface area contributed by atoms with Crippen molar-refractivity contribution in [3.05, 3.63) is 6.42 Å². The van der Waals surface area contributed by atoms with Crippen LogP contribution in [0.25, 0.3) is 0 Å². The third-order valence-electron chi connectivity index (χ3n) is 6.35. The van der Waals surface area contributed by atoms with E-state index in [4.69, 9.17) is 5.73 Å². The van der Waals surface area contributed by atoms with Gasteiger partial charge in [0.05, 0.1) is 19.0 Å². The Labute approximate surface area is 160 Å². The van der Waals surface area contributed by atoms with E-state index in [0.717, 1.165) is 12.8 Å². The Kier molecular flexibility index (Phi) is 6.17. The molecule has 0 aromatic heterocycles. The van der Waals surface area contributed by atoms with Crippen LogP contribution in [0.15, 0.2) is 0 Å². The first-order valence-corrected chi connectivity index (χ1v) is 10.1. The zero-order valence-electron chi connectivity index (χ0n) is 16.1. The highest BCUT2D eigenvalue weighted by Gasteiger charge is 2.51. The van der Waals surface area contributed by atoms with E-state index in [1.165, 1.54) is 25.7 Å². The number of primary amides is 1. The third kappa shape index (κ3) is 4.33. The fraction of sp³-hybridized carbons (Fsp3) is 0.750. The molecule has 27 heavy (non-hydrogen) atoms. The van der Waals surface area contributed by atoms with Crippen LogP contribution in [0.1, 0.15) is 58.3 Å². The molecular weight excluding hydrogens is 346 g/mol. The molecule has 3 rings (SSSR count). The van der Waals surface area contributed by atoms with Crippen LogP contribution in [0.5, 0.6) is 0 Å². The van der Waals surface area contributed by atoms with Crippen LogP contribution < -0.4 is 5.73 Å². The highest BCUT2D eigenvalue weighted by molar-refractivity contribution is 5.99. The maximum atomic E-state index is 12.8. The van der Waals surface area contributed by atoms with Gasteiger partial charge >= 0.3 is 0 Å². The van der Waals surface area contributed by atoms with Crippen molar-refractivity contribution >= 4 is 23.5 Å². The van der Waals surface area contributed by atoms with E-state index in [0.29, 0.717) is 25.3 Å². The molecule has 3 atom stereocenters. The number of ketones is 1. The molecule has 1 aliphatic carbocycles. The van der Waals surface area contributed by atoms with Crippen molar-refractivity contribution in [1.29, 1.82) is 0 Å². The van der Waals surface area contributed by atoms with Crippen molar-refractivity contribution < 1.29 is 19.2 Å². The minimum Gasteiger partial charge on any atom is -0.369 e. The van der Waals surface area contributed by atoms with Gasteiger partial charge in [0.1, 0.15) is 6.04 Å². The Bertz CT molecular complexity index is 614. The summed E-state index contributed by atoms with van der Waals surface area (Å²) >= 11 is 0. The number of carbonyl (C=O) groups is 4. The summed E-state index contributed by atoms with van der Waals surface area (Å²) in [5.41, 5.74) is 5.23. The Hall–Kier alpha value is -1.92. The molecule has 1 saturated carbocycles. The summed E-state index contributed by atoms with van der Waals surface area (Å²) in [5.74, 6) is -0.675. The van der Waals surface area contributed by atoms with E-state index in [2.05, 4.69) is 0 Å². The molecular formula is C20H30N3O4. The van der Waals surface area contributed by atoms with Crippen molar-refractivity contribution in [3.63, 3.8) is 0 Å². The standard InChI is InChI=1S/C20H30N3O4/c1-13(20(21)27)7-8-17(25)22-10-9-15-19(22)16(24)12-23(15)18(26)11-14-5-3-2-4-6-14/h8,13-15,19H,2-7,9-12H2,1H3,(H2,21,27). The van der Waals surface area contributed by atoms with Crippen molar-refractivity contribution in [2.24, 2.45) is 17.6 Å². The Morgan fingerprint density at radius 3 is 2.52 bits per heavy atom. The summed E-state index contributed by atoms with van der Waals surface area (Å²) in [4.78, 5) is 52.2. The van der Waals surface area contributed by atoms with Gasteiger partial charge in [-0.2, -0.15) is 0 Å². The number of carbonyl (C=O) groups excluding carboxylic acids is 4. The number of amides is 3. The van der Waals surface area contributed by atoms with E-state index < -0.39 is 17.9 Å². The molecule has 7 nitrogen and oxygen atoms in total. The molecule has 1 radical (unpaired) electrons. The van der Waals surface area contributed by atoms with E-state index in [1.807, 2.05) is 0 Å². The average molecular weight is 376 g/mol. The first-order chi connectivity index (χ1) is 12.9. The van der Waals surface area contributed by atoms with Gasteiger partial charge in [-0.1, -0.05) is 26.2 Å². The number of Topliss-reactive ketones (excluding diaryl/α,β-unsaturated/α-hetero) is 1. The van der Waals surface area contributed by atoms with Gasteiger partial charge < -0.3 is 15.5 Å². The van der Waals surface area contributed by atoms with Crippen molar-refractivity contribution in [1.82, 2.24) is 9.80 Å². The van der Waals surface area contributed by atoms with E-state index in [-0.39, 0.29) is 36.6 Å². The Morgan fingerprint density at radius 2 is 1.85 bits per heavy atom. The van der Waals surface area contributed by atoms with Gasteiger partial charge in [-0.3, -0.25) is 19.2 Å². The summed E-state index contributed by atoms with van der Waals surface area (Å²) in [6.07, 6.45) is 8.68. The predicted octanol–water partition coefficient (Wildman–Crippen LogP) is 1.05. The topological polar surface area (TPSA) is 101 Å². The van der Waals surface area contributed by atoms with Gasteiger partial charge in [-0.05, 0) is 31.6 Å². The first-order valence-electron chi connectivity index (χ1n) is 10.1. The zero-order chi connectivity index (χ0) is 19.6. The summed E-state index contributed by atoms with van der Waals surface area (Å²) < 4.78 is 0. The summed E-state index contributed by atoms with van der Waals surface area (Å²) in [5, 5.41) is 0. The molecule has 2 heterocycles. The van der Waals surface area contributed by atoms with Crippen LogP contribution in [0.2, 0.25) is 0 Å². The second-order valence-corrected chi connectivity index (χ2v) is 8.27. The maximum absolute atomic E-state index is 12.8. The molecule has 0 bridgehead atoms. The maximum Gasteiger partial charge on any atom is 0.227 e. The number of nitrogens with two attached hydrogens (primary N) is 1. The summed E-state index contributed by atoms with van der Waals surface area (Å²) in [6.45, 7) is 2.25. The van der Waals surface area contributed by atoms with Gasteiger partial charge in [0.2, 0.25) is 17.7 Å². The van der Waals surface area contributed by atoms with Crippen LogP contribution in [0.3, 0.4) is 0 Å². The Balaban J connectivity index is 1.57. The molecule has 2 aliphatic heterocycles. The van der Waals surface area contributed by atoms with Gasteiger partial charge in [0, 0.05) is 18.9 Å². The monoisotopic (exact) mass is 376 g/mol. The van der Waals surface area contributed by atoms with Crippen molar-refractivity contribution in [2.45, 2.75) is 70.4 Å². The van der Waals surface area contributed by atoms with Crippen LogP contribution in [-0.4, -0.2) is 58.5 Å².